The van der Waals surface area contributed by atoms with Crippen molar-refractivity contribution in [2.24, 2.45) is 0 Å². The van der Waals surface area contributed by atoms with E-state index in [0.717, 1.165) is 5.56 Å². The lowest BCUT2D eigenvalue weighted by atomic mass is 10.1. The molecule has 0 aliphatic carbocycles. The van der Waals surface area contributed by atoms with Gasteiger partial charge in [-0.3, -0.25) is 9.69 Å². The van der Waals surface area contributed by atoms with E-state index < -0.39 is 0 Å². The van der Waals surface area contributed by atoms with Crippen LogP contribution in [0.15, 0.2) is 29.2 Å². The van der Waals surface area contributed by atoms with E-state index >= 15 is 0 Å². The maximum Gasteiger partial charge on any atom is 0.266 e. The lowest BCUT2D eigenvalue weighted by molar-refractivity contribution is -0.123. The van der Waals surface area contributed by atoms with Crippen LogP contribution in [0.3, 0.4) is 0 Å². The quantitative estimate of drug-likeness (QED) is 0.608. The SMILES string of the molecule is Cc1ccc(C=C2SC(=S)N(C(C)C)C2=O)cc1. The highest BCUT2D eigenvalue weighted by molar-refractivity contribution is 8.26. The molecule has 0 spiro atoms. The molecule has 1 fully saturated rings. The molecule has 94 valence electrons. The molecule has 1 aromatic rings. The fourth-order valence-electron chi connectivity index (χ4n) is 1.74. The highest BCUT2D eigenvalue weighted by atomic mass is 32.2. The smallest absolute Gasteiger partial charge is 0.266 e. The highest BCUT2D eigenvalue weighted by Gasteiger charge is 2.33. The Morgan fingerprint density at radius 2 is 1.89 bits per heavy atom. The third-order valence-electron chi connectivity index (χ3n) is 2.72. The molecule has 1 aliphatic rings. The van der Waals surface area contributed by atoms with E-state index in [1.54, 1.807) is 4.90 Å². The van der Waals surface area contributed by atoms with Crippen LogP contribution in [0, 0.1) is 6.92 Å². The average Bonchev–Trinajstić information content (AvgIpc) is 2.57. The van der Waals surface area contributed by atoms with E-state index in [2.05, 4.69) is 0 Å². The van der Waals surface area contributed by atoms with Gasteiger partial charge in [-0.15, -0.1) is 0 Å². The van der Waals surface area contributed by atoms with E-state index in [1.165, 1.54) is 17.3 Å². The van der Waals surface area contributed by atoms with Gasteiger partial charge in [-0.2, -0.15) is 0 Å². The third-order valence-corrected chi connectivity index (χ3v) is 4.05. The molecule has 0 bridgehead atoms. The molecule has 1 saturated heterocycles. The second kappa shape index (κ2) is 5.24. The number of carbonyl (C=O) groups is 1. The first kappa shape index (κ1) is 13.3. The fourth-order valence-corrected chi connectivity index (χ4v) is 3.26. The number of nitrogens with zero attached hydrogens (tertiary/aromatic N) is 1. The molecule has 18 heavy (non-hydrogen) atoms. The predicted molar refractivity (Wildman–Crippen MR) is 81.3 cm³/mol. The lowest BCUT2D eigenvalue weighted by Crippen LogP contribution is -2.34. The minimum atomic E-state index is 0.0144. The van der Waals surface area contributed by atoms with Gasteiger partial charge in [-0.1, -0.05) is 53.8 Å². The Kier molecular flexibility index (Phi) is 3.88. The number of thioether (sulfide) groups is 1. The van der Waals surface area contributed by atoms with Crippen LogP contribution in [-0.2, 0) is 4.79 Å². The summed E-state index contributed by atoms with van der Waals surface area (Å²) in [6, 6.07) is 8.21. The Bertz CT molecular complexity index is 517. The number of benzene rings is 1. The average molecular weight is 277 g/mol. The monoisotopic (exact) mass is 277 g/mol. The van der Waals surface area contributed by atoms with Gasteiger partial charge in [0.1, 0.15) is 4.32 Å². The summed E-state index contributed by atoms with van der Waals surface area (Å²) in [6.07, 6.45) is 1.90. The Labute approximate surface area is 117 Å². The van der Waals surface area contributed by atoms with Crippen LogP contribution in [0.4, 0.5) is 0 Å². The summed E-state index contributed by atoms with van der Waals surface area (Å²) >= 11 is 6.61. The zero-order valence-electron chi connectivity index (χ0n) is 10.6. The third kappa shape index (κ3) is 2.65. The second-order valence-electron chi connectivity index (χ2n) is 4.56. The first-order chi connectivity index (χ1) is 8.49. The first-order valence-corrected chi connectivity index (χ1v) is 7.05. The maximum absolute atomic E-state index is 12.2. The van der Waals surface area contributed by atoms with Crippen LogP contribution in [0.1, 0.15) is 25.0 Å². The summed E-state index contributed by atoms with van der Waals surface area (Å²) in [6.45, 7) is 5.99. The van der Waals surface area contributed by atoms with Gasteiger partial charge in [0.25, 0.3) is 5.91 Å². The lowest BCUT2D eigenvalue weighted by Gasteiger charge is -2.18. The van der Waals surface area contributed by atoms with Crippen LogP contribution in [0.2, 0.25) is 0 Å². The van der Waals surface area contributed by atoms with Crippen molar-refractivity contribution in [3.05, 3.63) is 40.3 Å². The summed E-state index contributed by atoms with van der Waals surface area (Å²) in [5.41, 5.74) is 2.24. The standard InChI is InChI=1S/C14H15NOS2/c1-9(2)15-13(16)12(18-14(15)17)8-11-6-4-10(3)5-7-11/h4-9H,1-3H3. The molecule has 0 atom stereocenters. The number of hydrogen-bond acceptors (Lipinski definition) is 3. The van der Waals surface area contributed by atoms with Gasteiger partial charge in [-0.05, 0) is 32.4 Å². The van der Waals surface area contributed by atoms with Crippen molar-refractivity contribution in [2.45, 2.75) is 26.8 Å². The number of aryl methyl sites for hydroxylation is 1. The molecular formula is C14H15NOS2. The van der Waals surface area contributed by atoms with Gasteiger partial charge in [0.15, 0.2) is 0 Å². The summed E-state index contributed by atoms with van der Waals surface area (Å²) in [5.74, 6) is 0.0144. The number of amides is 1. The van der Waals surface area contributed by atoms with Crippen molar-refractivity contribution in [3.63, 3.8) is 0 Å². The normalized spacial score (nSPS) is 18.2. The predicted octanol–water partition coefficient (Wildman–Crippen LogP) is 3.60. The number of thiocarbonyl (C=S) groups is 1. The van der Waals surface area contributed by atoms with Crippen molar-refractivity contribution in [1.82, 2.24) is 4.90 Å². The Hall–Kier alpha value is -1.13. The minimum Gasteiger partial charge on any atom is -0.290 e. The van der Waals surface area contributed by atoms with Crippen molar-refractivity contribution in [1.29, 1.82) is 0 Å². The Morgan fingerprint density at radius 1 is 1.28 bits per heavy atom. The van der Waals surface area contributed by atoms with Gasteiger partial charge in [0.2, 0.25) is 0 Å². The summed E-state index contributed by atoms with van der Waals surface area (Å²) in [5, 5.41) is 0. The van der Waals surface area contributed by atoms with E-state index in [1.807, 2.05) is 51.1 Å². The van der Waals surface area contributed by atoms with Crippen molar-refractivity contribution in [2.75, 3.05) is 0 Å². The van der Waals surface area contributed by atoms with Gasteiger partial charge >= 0.3 is 0 Å². The molecule has 1 heterocycles. The molecule has 0 N–H and O–H groups in total. The molecule has 1 amide bonds. The largest absolute Gasteiger partial charge is 0.290 e. The van der Waals surface area contributed by atoms with E-state index in [0.29, 0.717) is 9.23 Å². The zero-order valence-corrected chi connectivity index (χ0v) is 12.3. The number of carbonyl (C=O) groups excluding carboxylic acids is 1. The van der Waals surface area contributed by atoms with Gasteiger partial charge in [0.05, 0.1) is 4.91 Å². The molecule has 0 saturated carbocycles. The Morgan fingerprint density at radius 3 is 2.39 bits per heavy atom. The number of hydrogen-bond donors (Lipinski definition) is 0. The zero-order chi connectivity index (χ0) is 13.3. The second-order valence-corrected chi connectivity index (χ2v) is 6.23. The highest BCUT2D eigenvalue weighted by Crippen LogP contribution is 2.33. The van der Waals surface area contributed by atoms with Gasteiger partial charge < -0.3 is 0 Å². The molecule has 2 nitrogen and oxygen atoms in total. The number of rotatable bonds is 2. The molecule has 0 radical (unpaired) electrons. The van der Waals surface area contributed by atoms with Crippen LogP contribution in [0.5, 0.6) is 0 Å². The summed E-state index contributed by atoms with van der Waals surface area (Å²) in [7, 11) is 0. The fraction of sp³-hybridized carbons (Fsp3) is 0.286. The van der Waals surface area contributed by atoms with Crippen molar-refractivity contribution < 1.29 is 4.79 Å². The Balaban J connectivity index is 2.28. The first-order valence-electron chi connectivity index (χ1n) is 5.83. The van der Waals surface area contributed by atoms with Crippen LogP contribution in [-0.4, -0.2) is 21.2 Å². The molecule has 1 aromatic carbocycles. The molecular weight excluding hydrogens is 262 g/mol. The van der Waals surface area contributed by atoms with E-state index in [9.17, 15) is 4.79 Å². The van der Waals surface area contributed by atoms with Crippen molar-refractivity contribution >= 4 is 40.3 Å². The van der Waals surface area contributed by atoms with E-state index in [-0.39, 0.29) is 11.9 Å². The van der Waals surface area contributed by atoms with Gasteiger partial charge in [-0.25, -0.2) is 0 Å². The van der Waals surface area contributed by atoms with Crippen LogP contribution >= 0.6 is 24.0 Å². The minimum absolute atomic E-state index is 0.0144. The topological polar surface area (TPSA) is 20.3 Å². The summed E-state index contributed by atoms with van der Waals surface area (Å²) < 4.78 is 0.647. The molecule has 0 unspecified atom stereocenters. The van der Waals surface area contributed by atoms with Crippen LogP contribution in [0.25, 0.3) is 6.08 Å². The summed E-state index contributed by atoms with van der Waals surface area (Å²) in [4.78, 5) is 14.6. The van der Waals surface area contributed by atoms with Crippen LogP contribution < -0.4 is 0 Å². The molecule has 1 aliphatic heterocycles. The van der Waals surface area contributed by atoms with E-state index in [4.69, 9.17) is 12.2 Å². The van der Waals surface area contributed by atoms with Crippen molar-refractivity contribution in [3.8, 4) is 0 Å². The molecule has 0 aromatic heterocycles. The molecule has 2 rings (SSSR count). The molecule has 4 heteroatoms. The van der Waals surface area contributed by atoms with Gasteiger partial charge in [0, 0.05) is 6.04 Å². The maximum atomic E-state index is 12.2.